The monoisotopic (exact) mass is 300 g/mol. The van der Waals surface area contributed by atoms with E-state index in [1.165, 1.54) is 52.5 Å². The highest BCUT2D eigenvalue weighted by molar-refractivity contribution is 7.12. The third-order valence-corrected chi connectivity index (χ3v) is 5.41. The number of anilines is 1. The molecule has 1 aromatic carbocycles. The van der Waals surface area contributed by atoms with Crippen molar-refractivity contribution in [3.05, 3.63) is 51.2 Å². The molecule has 3 rings (SSSR count). The molecule has 0 atom stereocenters. The lowest BCUT2D eigenvalue weighted by atomic mass is 10.2. The van der Waals surface area contributed by atoms with E-state index in [1.807, 2.05) is 11.3 Å². The zero-order valence-corrected chi connectivity index (χ0v) is 13.8. The number of aryl methyl sites for hydroxylation is 2. The number of thiophene rings is 1. The van der Waals surface area contributed by atoms with E-state index in [-0.39, 0.29) is 0 Å². The maximum absolute atomic E-state index is 3.54. The van der Waals surface area contributed by atoms with E-state index in [4.69, 9.17) is 0 Å². The lowest BCUT2D eigenvalue weighted by molar-refractivity contribution is 0.700. The standard InChI is InChI=1S/C18H24N2S/c1-14-11-18(21-15(14)2)13-19-12-16-5-7-17(8-6-16)20-9-3-4-10-20/h5-8,11,19H,3-4,9-10,12-13H2,1-2H3. The molecule has 0 radical (unpaired) electrons. The van der Waals surface area contributed by atoms with Crippen molar-refractivity contribution in [3.8, 4) is 0 Å². The van der Waals surface area contributed by atoms with E-state index in [1.54, 1.807) is 0 Å². The number of benzene rings is 1. The Hall–Kier alpha value is -1.32. The van der Waals surface area contributed by atoms with Crippen LogP contribution in [0.3, 0.4) is 0 Å². The normalized spacial score (nSPS) is 14.9. The summed E-state index contributed by atoms with van der Waals surface area (Å²) in [5.74, 6) is 0. The van der Waals surface area contributed by atoms with Crippen LogP contribution in [0.2, 0.25) is 0 Å². The van der Waals surface area contributed by atoms with Crippen LogP contribution in [0.15, 0.2) is 30.3 Å². The van der Waals surface area contributed by atoms with Gasteiger partial charge >= 0.3 is 0 Å². The Labute approximate surface area is 131 Å². The number of nitrogens with zero attached hydrogens (tertiary/aromatic N) is 1. The second-order valence-corrected chi connectivity index (χ2v) is 7.26. The number of nitrogens with one attached hydrogen (secondary N) is 1. The predicted octanol–water partition coefficient (Wildman–Crippen LogP) is 4.25. The van der Waals surface area contributed by atoms with Crippen molar-refractivity contribution in [2.45, 2.75) is 39.8 Å². The molecule has 0 unspecified atom stereocenters. The summed E-state index contributed by atoms with van der Waals surface area (Å²) in [5, 5.41) is 3.54. The highest BCUT2D eigenvalue weighted by Crippen LogP contribution is 2.21. The molecule has 2 nitrogen and oxygen atoms in total. The number of hydrogen-bond donors (Lipinski definition) is 1. The first kappa shape index (κ1) is 14.6. The summed E-state index contributed by atoms with van der Waals surface area (Å²) in [7, 11) is 0. The first-order valence-electron chi connectivity index (χ1n) is 7.83. The maximum Gasteiger partial charge on any atom is 0.0366 e. The quantitative estimate of drug-likeness (QED) is 0.888. The highest BCUT2D eigenvalue weighted by Gasteiger charge is 2.11. The van der Waals surface area contributed by atoms with E-state index in [2.05, 4.69) is 54.4 Å². The lowest BCUT2D eigenvalue weighted by Gasteiger charge is -2.17. The van der Waals surface area contributed by atoms with Gasteiger partial charge in [-0.3, -0.25) is 0 Å². The zero-order chi connectivity index (χ0) is 14.7. The minimum atomic E-state index is 0.941. The van der Waals surface area contributed by atoms with Crippen LogP contribution in [0.5, 0.6) is 0 Å². The minimum Gasteiger partial charge on any atom is -0.372 e. The van der Waals surface area contributed by atoms with Gasteiger partial charge in [-0.1, -0.05) is 12.1 Å². The van der Waals surface area contributed by atoms with Crippen LogP contribution in [-0.2, 0) is 13.1 Å². The number of rotatable bonds is 5. The Morgan fingerprint density at radius 3 is 2.38 bits per heavy atom. The van der Waals surface area contributed by atoms with Gasteiger partial charge < -0.3 is 10.2 Å². The molecule has 0 aliphatic carbocycles. The molecule has 1 aliphatic rings. The Balaban J connectivity index is 1.51. The van der Waals surface area contributed by atoms with Crippen molar-refractivity contribution in [2.75, 3.05) is 18.0 Å². The second-order valence-electron chi connectivity index (χ2n) is 5.92. The van der Waals surface area contributed by atoms with Crippen LogP contribution in [0.1, 0.15) is 33.7 Å². The topological polar surface area (TPSA) is 15.3 Å². The molecule has 1 saturated heterocycles. The smallest absolute Gasteiger partial charge is 0.0366 e. The summed E-state index contributed by atoms with van der Waals surface area (Å²) in [6, 6.07) is 11.3. The van der Waals surface area contributed by atoms with E-state index < -0.39 is 0 Å². The molecule has 1 fully saturated rings. The third kappa shape index (κ3) is 3.66. The summed E-state index contributed by atoms with van der Waals surface area (Å²) in [5.41, 5.74) is 4.15. The molecular formula is C18H24N2S. The van der Waals surface area contributed by atoms with Gasteiger partial charge in [0.1, 0.15) is 0 Å². The predicted molar refractivity (Wildman–Crippen MR) is 92.2 cm³/mol. The van der Waals surface area contributed by atoms with Gasteiger partial charge in [-0.15, -0.1) is 11.3 Å². The summed E-state index contributed by atoms with van der Waals surface area (Å²) in [6.07, 6.45) is 2.67. The van der Waals surface area contributed by atoms with E-state index in [0.717, 1.165) is 13.1 Å². The molecule has 21 heavy (non-hydrogen) atoms. The van der Waals surface area contributed by atoms with Gasteiger partial charge in [0.15, 0.2) is 0 Å². The fourth-order valence-corrected chi connectivity index (χ4v) is 3.89. The molecule has 0 spiro atoms. The lowest BCUT2D eigenvalue weighted by Crippen LogP contribution is -2.17. The fourth-order valence-electron chi connectivity index (χ4n) is 2.87. The molecule has 1 N–H and O–H groups in total. The van der Waals surface area contributed by atoms with Crippen molar-refractivity contribution in [1.82, 2.24) is 5.32 Å². The Kier molecular flexibility index (Phi) is 4.61. The van der Waals surface area contributed by atoms with Gasteiger partial charge in [-0.2, -0.15) is 0 Å². The summed E-state index contributed by atoms with van der Waals surface area (Å²) in [4.78, 5) is 5.34. The van der Waals surface area contributed by atoms with Gasteiger partial charge in [0, 0.05) is 41.6 Å². The molecule has 2 aromatic rings. The van der Waals surface area contributed by atoms with Gasteiger partial charge in [-0.05, 0) is 56.0 Å². The van der Waals surface area contributed by atoms with Crippen molar-refractivity contribution in [3.63, 3.8) is 0 Å². The Morgan fingerprint density at radius 2 is 1.76 bits per heavy atom. The van der Waals surface area contributed by atoms with E-state index >= 15 is 0 Å². The SMILES string of the molecule is Cc1cc(CNCc2ccc(N3CCCC3)cc2)sc1C. The first-order chi connectivity index (χ1) is 10.2. The zero-order valence-electron chi connectivity index (χ0n) is 13.0. The average Bonchev–Trinajstić information content (AvgIpc) is 3.11. The third-order valence-electron chi connectivity index (χ3n) is 4.25. The van der Waals surface area contributed by atoms with Crippen molar-refractivity contribution >= 4 is 17.0 Å². The summed E-state index contributed by atoms with van der Waals surface area (Å²) in [6.45, 7) is 8.72. The van der Waals surface area contributed by atoms with Crippen molar-refractivity contribution < 1.29 is 0 Å². The van der Waals surface area contributed by atoms with Crippen LogP contribution in [0, 0.1) is 13.8 Å². The maximum atomic E-state index is 3.54. The summed E-state index contributed by atoms with van der Waals surface area (Å²) < 4.78 is 0. The molecular weight excluding hydrogens is 276 g/mol. The van der Waals surface area contributed by atoms with Crippen LogP contribution >= 0.6 is 11.3 Å². The Morgan fingerprint density at radius 1 is 1.05 bits per heavy atom. The van der Waals surface area contributed by atoms with Crippen LogP contribution in [-0.4, -0.2) is 13.1 Å². The van der Waals surface area contributed by atoms with Gasteiger partial charge in [0.25, 0.3) is 0 Å². The van der Waals surface area contributed by atoms with Crippen LogP contribution < -0.4 is 10.2 Å². The first-order valence-corrected chi connectivity index (χ1v) is 8.64. The molecule has 1 aliphatic heterocycles. The van der Waals surface area contributed by atoms with Gasteiger partial charge in [0.2, 0.25) is 0 Å². The van der Waals surface area contributed by atoms with Crippen LogP contribution in [0.25, 0.3) is 0 Å². The van der Waals surface area contributed by atoms with E-state index in [0.29, 0.717) is 0 Å². The van der Waals surface area contributed by atoms with Crippen molar-refractivity contribution in [1.29, 1.82) is 0 Å². The van der Waals surface area contributed by atoms with E-state index in [9.17, 15) is 0 Å². The molecule has 112 valence electrons. The molecule has 0 bridgehead atoms. The van der Waals surface area contributed by atoms with Gasteiger partial charge in [-0.25, -0.2) is 0 Å². The van der Waals surface area contributed by atoms with Gasteiger partial charge in [0.05, 0.1) is 0 Å². The Bertz CT molecular complexity index is 560. The minimum absolute atomic E-state index is 0.941. The number of hydrogen-bond acceptors (Lipinski definition) is 3. The average molecular weight is 300 g/mol. The van der Waals surface area contributed by atoms with Crippen molar-refractivity contribution in [2.24, 2.45) is 0 Å². The molecule has 2 heterocycles. The second kappa shape index (κ2) is 6.63. The molecule has 3 heteroatoms. The molecule has 0 saturated carbocycles. The fraction of sp³-hybridized carbons (Fsp3) is 0.444. The highest BCUT2D eigenvalue weighted by atomic mass is 32.1. The molecule has 0 amide bonds. The van der Waals surface area contributed by atoms with Crippen LogP contribution in [0.4, 0.5) is 5.69 Å². The summed E-state index contributed by atoms with van der Waals surface area (Å²) >= 11 is 1.90. The largest absolute Gasteiger partial charge is 0.372 e. The molecule has 1 aromatic heterocycles.